The molecule has 136 valence electrons. The molecule has 26 heavy (non-hydrogen) atoms. The maximum atomic E-state index is 11.9. The molecule has 0 saturated heterocycles. The van der Waals surface area contributed by atoms with Crippen LogP contribution in [0.3, 0.4) is 0 Å². The summed E-state index contributed by atoms with van der Waals surface area (Å²) in [5.41, 5.74) is 1.90. The van der Waals surface area contributed by atoms with E-state index in [2.05, 4.69) is 16.0 Å². The van der Waals surface area contributed by atoms with Crippen molar-refractivity contribution in [2.24, 2.45) is 0 Å². The molecule has 0 aliphatic rings. The molecule has 2 aromatic rings. The van der Waals surface area contributed by atoms with Crippen LogP contribution in [-0.2, 0) is 9.59 Å². The molecule has 0 saturated carbocycles. The van der Waals surface area contributed by atoms with Crippen LogP contribution in [0, 0.1) is 6.92 Å². The SMILES string of the molecule is Cc1c(Cl)cccc1NC(=O)CNC(=O)CCNC(=O)c1ccccc1. The quantitative estimate of drug-likeness (QED) is 0.697. The molecule has 0 unspecified atom stereocenters. The Morgan fingerprint density at radius 2 is 1.65 bits per heavy atom. The minimum Gasteiger partial charge on any atom is -0.352 e. The zero-order valence-corrected chi connectivity index (χ0v) is 15.1. The van der Waals surface area contributed by atoms with E-state index in [0.717, 1.165) is 5.56 Å². The number of hydrogen-bond acceptors (Lipinski definition) is 3. The van der Waals surface area contributed by atoms with Gasteiger partial charge in [-0.1, -0.05) is 35.9 Å². The van der Waals surface area contributed by atoms with Crippen molar-refractivity contribution in [3.63, 3.8) is 0 Å². The zero-order valence-electron chi connectivity index (χ0n) is 14.3. The summed E-state index contributed by atoms with van der Waals surface area (Å²) in [6.45, 7) is 1.83. The summed E-state index contributed by atoms with van der Waals surface area (Å²) in [6.07, 6.45) is 0.0854. The van der Waals surface area contributed by atoms with Gasteiger partial charge in [0.25, 0.3) is 5.91 Å². The van der Waals surface area contributed by atoms with E-state index in [1.54, 1.807) is 49.4 Å². The number of anilines is 1. The highest BCUT2D eigenvalue weighted by Gasteiger charge is 2.09. The molecule has 6 nitrogen and oxygen atoms in total. The molecule has 2 rings (SSSR count). The minimum atomic E-state index is -0.350. The van der Waals surface area contributed by atoms with E-state index < -0.39 is 0 Å². The molecule has 0 fully saturated rings. The van der Waals surface area contributed by atoms with Crippen LogP contribution in [0.4, 0.5) is 5.69 Å². The Kier molecular flexibility index (Phi) is 7.17. The lowest BCUT2D eigenvalue weighted by molar-refractivity contribution is -0.124. The highest BCUT2D eigenvalue weighted by molar-refractivity contribution is 6.31. The lowest BCUT2D eigenvalue weighted by atomic mass is 10.2. The monoisotopic (exact) mass is 373 g/mol. The zero-order chi connectivity index (χ0) is 18.9. The standard InChI is InChI=1S/C19H20ClN3O3/c1-13-15(20)8-5-9-16(13)23-18(25)12-22-17(24)10-11-21-19(26)14-6-3-2-4-7-14/h2-9H,10-12H2,1H3,(H,21,26)(H,22,24)(H,23,25). The Labute approximate surface area is 156 Å². The Morgan fingerprint density at radius 3 is 2.38 bits per heavy atom. The van der Waals surface area contributed by atoms with E-state index in [-0.39, 0.29) is 37.2 Å². The molecule has 0 bridgehead atoms. The Bertz CT molecular complexity index is 794. The predicted octanol–water partition coefficient (Wildman–Crippen LogP) is 2.52. The largest absolute Gasteiger partial charge is 0.352 e. The fraction of sp³-hybridized carbons (Fsp3) is 0.211. The van der Waals surface area contributed by atoms with Gasteiger partial charge in [-0.15, -0.1) is 0 Å². The van der Waals surface area contributed by atoms with Crippen LogP contribution in [0.2, 0.25) is 5.02 Å². The van der Waals surface area contributed by atoms with Crippen molar-refractivity contribution in [2.45, 2.75) is 13.3 Å². The smallest absolute Gasteiger partial charge is 0.251 e. The Morgan fingerprint density at radius 1 is 0.923 bits per heavy atom. The molecule has 0 aromatic heterocycles. The van der Waals surface area contributed by atoms with Crippen LogP contribution in [0.25, 0.3) is 0 Å². The number of amides is 3. The van der Waals surface area contributed by atoms with E-state index in [0.29, 0.717) is 16.3 Å². The normalized spacial score (nSPS) is 10.1. The molecule has 7 heteroatoms. The summed E-state index contributed by atoms with van der Waals surface area (Å²) in [5, 5.41) is 8.42. The number of carbonyl (C=O) groups excluding carboxylic acids is 3. The van der Waals surface area contributed by atoms with E-state index in [1.165, 1.54) is 0 Å². The topological polar surface area (TPSA) is 87.3 Å². The molecule has 0 radical (unpaired) electrons. The highest BCUT2D eigenvalue weighted by Crippen LogP contribution is 2.22. The van der Waals surface area contributed by atoms with Gasteiger partial charge in [0, 0.05) is 29.2 Å². The van der Waals surface area contributed by atoms with Crippen LogP contribution in [0.5, 0.6) is 0 Å². The first kappa shape index (κ1) is 19.5. The number of halogens is 1. The number of rotatable bonds is 7. The molecule has 0 spiro atoms. The van der Waals surface area contributed by atoms with Crippen LogP contribution in [0.1, 0.15) is 22.3 Å². The van der Waals surface area contributed by atoms with Crippen molar-refractivity contribution in [1.29, 1.82) is 0 Å². The average molecular weight is 374 g/mol. The van der Waals surface area contributed by atoms with Crippen molar-refractivity contribution in [1.82, 2.24) is 10.6 Å². The summed E-state index contributed by atoms with van der Waals surface area (Å²) in [4.78, 5) is 35.5. The fourth-order valence-electron chi connectivity index (χ4n) is 2.19. The average Bonchev–Trinajstić information content (AvgIpc) is 2.64. The fourth-order valence-corrected chi connectivity index (χ4v) is 2.36. The van der Waals surface area contributed by atoms with Gasteiger partial charge in [0.15, 0.2) is 0 Å². The highest BCUT2D eigenvalue weighted by atomic mass is 35.5. The van der Waals surface area contributed by atoms with Gasteiger partial charge >= 0.3 is 0 Å². The molecule has 0 heterocycles. The van der Waals surface area contributed by atoms with Crippen molar-refractivity contribution in [3.8, 4) is 0 Å². The molecule has 2 aromatic carbocycles. The van der Waals surface area contributed by atoms with Crippen molar-refractivity contribution >= 4 is 35.0 Å². The van der Waals surface area contributed by atoms with Crippen LogP contribution >= 0.6 is 11.6 Å². The molecule has 0 aliphatic heterocycles. The third-order valence-corrected chi connectivity index (χ3v) is 4.07. The maximum absolute atomic E-state index is 11.9. The van der Waals surface area contributed by atoms with Crippen molar-refractivity contribution in [3.05, 3.63) is 64.7 Å². The summed E-state index contributed by atoms with van der Waals surface area (Å²) < 4.78 is 0. The van der Waals surface area contributed by atoms with Crippen LogP contribution < -0.4 is 16.0 Å². The van der Waals surface area contributed by atoms with Crippen molar-refractivity contribution in [2.75, 3.05) is 18.4 Å². The molecule has 0 aliphatic carbocycles. The lowest BCUT2D eigenvalue weighted by Crippen LogP contribution is -2.35. The van der Waals surface area contributed by atoms with Gasteiger partial charge < -0.3 is 16.0 Å². The Hall–Kier alpha value is -2.86. The van der Waals surface area contributed by atoms with Crippen molar-refractivity contribution < 1.29 is 14.4 Å². The van der Waals surface area contributed by atoms with Gasteiger partial charge in [-0.05, 0) is 36.8 Å². The minimum absolute atomic E-state index is 0.0854. The van der Waals surface area contributed by atoms with E-state index in [9.17, 15) is 14.4 Å². The van der Waals surface area contributed by atoms with Gasteiger partial charge in [-0.3, -0.25) is 14.4 Å². The lowest BCUT2D eigenvalue weighted by Gasteiger charge is -2.10. The van der Waals surface area contributed by atoms with Gasteiger partial charge in [0.2, 0.25) is 11.8 Å². The van der Waals surface area contributed by atoms with Crippen LogP contribution in [-0.4, -0.2) is 30.8 Å². The first-order valence-corrected chi connectivity index (χ1v) is 8.50. The summed E-state index contributed by atoms with van der Waals surface area (Å²) in [5.74, 6) is -0.916. The summed E-state index contributed by atoms with van der Waals surface area (Å²) in [6, 6.07) is 13.9. The number of carbonyl (C=O) groups is 3. The molecule has 3 amide bonds. The second-order valence-corrected chi connectivity index (χ2v) is 6.02. The number of benzene rings is 2. The van der Waals surface area contributed by atoms with Gasteiger partial charge in [0.05, 0.1) is 6.54 Å². The number of nitrogens with one attached hydrogen (secondary N) is 3. The van der Waals surface area contributed by atoms with Crippen LogP contribution in [0.15, 0.2) is 48.5 Å². The van der Waals surface area contributed by atoms with Gasteiger partial charge in [0.1, 0.15) is 0 Å². The maximum Gasteiger partial charge on any atom is 0.251 e. The summed E-state index contributed by atoms with van der Waals surface area (Å²) >= 11 is 6.00. The van der Waals surface area contributed by atoms with E-state index >= 15 is 0 Å². The first-order valence-electron chi connectivity index (χ1n) is 8.12. The Balaban J connectivity index is 1.69. The third-order valence-electron chi connectivity index (χ3n) is 3.66. The van der Waals surface area contributed by atoms with E-state index in [4.69, 9.17) is 11.6 Å². The first-order chi connectivity index (χ1) is 12.5. The van der Waals surface area contributed by atoms with Gasteiger partial charge in [-0.25, -0.2) is 0 Å². The second-order valence-electron chi connectivity index (χ2n) is 5.61. The third kappa shape index (κ3) is 5.89. The molecular formula is C19H20ClN3O3. The predicted molar refractivity (Wildman–Crippen MR) is 101 cm³/mol. The summed E-state index contributed by atoms with van der Waals surface area (Å²) in [7, 11) is 0. The molecular weight excluding hydrogens is 354 g/mol. The second kappa shape index (κ2) is 9.58. The molecule has 0 atom stereocenters. The van der Waals surface area contributed by atoms with Gasteiger partial charge in [-0.2, -0.15) is 0 Å². The molecule has 3 N–H and O–H groups in total. The number of hydrogen-bond donors (Lipinski definition) is 3. The van der Waals surface area contributed by atoms with E-state index in [1.807, 2.05) is 6.07 Å².